The molecule has 104 valence electrons. The average Bonchev–Trinajstić information content (AvgIpc) is 2.86. The van der Waals surface area contributed by atoms with Gasteiger partial charge in [-0.2, -0.15) is 12.6 Å². The van der Waals surface area contributed by atoms with Gasteiger partial charge < -0.3 is 4.74 Å². The normalized spacial score (nSPS) is 17.4. The zero-order valence-corrected chi connectivity index (χ0v) is 11.4. The van der Waals surface area contributed by atoms with E-state index >= 15 is 0 Å². The number of nitro groups is 1. The summed E-state index contributed by atoms with van der Waals surface area (Å²) in [6.45, 7) is 0.276. The summed E-state index contributed by atoms with van der Waals surface area (Å²) in [6, 6.07) is 3.73. The van der Waals surface area contributed by atoms with Crippen molar-refractivity contribution in [1.29, 1.82) is 0 Å². The van der Waals surface area contributed by atoms with E-state index in [-0.39, 0.29) is 23.5 Å². The molecule has 0 radical (unpaired) electrons. The summed E-state index contributed by atoms with van der Waals surface area (Å²) in [7, 11) is 0. The van der Waals surface area contributed by atoms with Crippen LogP contribution in [0.15, 0.2) is 18.2 Å². The van der Waals surface area contributed by atoms with Gasteiger partial charge in [0.25, 0.3) is 0 Å². The molecule has 1 aromatic carbocycles. The molecule has 1 saturated carbocycles. The quantitative estimate of drug-likeness (QED) is 0.511. The van der Waals surface area contributed by atoms with Crippen molar-refractivity contribution >= 4 is 18.3 Å². The van der Waals surface area contributed by atoms with Gasteiger partial charge in [-0.15, -0.1) is 0 Å². The largest absolute Gasteiger partial charge is 0.484 e. The van der Waals surface area contributed by atoms with E-state index in [9.17, 15) is 14.5 Å². The molecule has 0 aliphatic heterocycles. The Morgan fingerprint density at radius 2 is 2.11 bits per heavy atom. The Morgan fingerprint density at radius 3 is 2.68 bits per heavy atom. The Bertz CT molecular complexity index is 475. The monoisotopic (exact) mass is 285 g/mol. The molecule has 1 aromatic rings. The topological polar surface area (TPSA) is 52.4 Å². The molecule has 0 saturated heterocycles. The number of hydrogen-bond acceptors (Lipinski definition) is 4. The van der Waals surface area contributed by atoms with E-state index in [1.165, 1.54) is 18.2 Å². The van der Waals surface area contributed by atoms with E-state index in [0.29, 0.717) is 5.75 Å². The molecule has 0 bridgehead atoms. The molecule has 0 N–H and O–H groups in total. The molecule has 1 fully saturated rings. The van der Waals surface area contributed by atoms with Gasteiger partial charge in [-0.25, -0.2) is 4.39 Å². The van der Waals surface area contributed by atoms with E-state index in [0.717, 1.165) is 25.7 Å². The predicted octanol–water partition coefficient (Wildman–Crippen LogP) is 3.60. The van der Waals surface area contributed by atoms with Crippen molar-refractivity contribution in [2.45, 2.75) is 25.7 Å². The first kappa shape index (κ1) is 14.1. The van der Waals surface area contributed by atoms with Crippen molar-refractivity contribution in [1.82, 2.24) is 0 Å². The van der Waals surface area contributed by atoms with Crippen LogP contribution in [0.2, 0.25) is 0 Å². The van der Waals surface area contributed by atoms with Crippen molar-refractivity contribution in [3.05, 3.63) is 34.1 Å². The highest BCUT2D eigenvalue weighted by Gasteiger charge is 2.34. The van der Waals surface area contributed by atoms with E-state index in [4.69, 9.17) is 4.74 Å². The van der Waals surface area contributed by atoms with Crippen LogP contribution in [0.25, 0.3) is 0 Å². The third-order valence-corrected chi connectivity index (χ3v) is 4.34. The first-order valence-corrected chi connectivity index (χ1v) is 6.88. The zero-order chi connectivity index (χ0) is 13.9. The minimum Gasteiger partial charge on any atom is -0.484 e. The molecule has 6 heteroatoms. The second kappa shape index (κ2) is 5.77. The maximum atomic E-state index is 13.7. The van der Waals surface area contributed by atoms with Crippen LogP contribution in [-0.2, 0) is 0 Å². The Balaban J connectivity index is 2.17. The van der Waals surface area contributed by atoms with Gasteiger partial charge in [-0.3, -0.25) is 10.1 Å². The molecule has 2 rings (SSSR count). The molecule has 0 amide bonds. The van der Waals surface area contributed by atoms with Crippen molar-refractivity contribution in [3.8, 4) is 5.75 Å². The van der Waals surface area contributed by atoms with Crippen molar-refractivity contribution < 1.29 is 14.1 Å². The summed E-state index contributed by atoms with van der Waals surface area (Å²) < 4.78 is 19.1. The van der Waals surface area contributed by atoms with Gasteiger partial charge in [0.05, 0.1) is 11.5 Å². The fraction of sp³-hybridized carbons (Fsp3) is 0.538. The van der Waals surface area contributed by atoms with Crippen LogP contribution in [0.5, 0.6) is 5.75 Å². The maximum absolute atomic E-state index is 13.7. The summed E-state index contributed by atoms with van der Waals surface area (Å²) in [5, 5.41) is 10.9. The highest BCUT2D eigenvalue weighted by atomic mass is 32.1. The van der Waals surface area contributed by atoms with Gasteiger partial charge in [-0.1, -0.05) is 18.9 Å². The van der Waals surface area contributed by atoms with E-state index in [1.54, 1.807) is 0 Å². The number of halogens is 1. The first-order valence-electron chi connectivity index (χ1n) is 6.24. The molecule has 4 nitrogen and oxygen atoms in total. The number of thiol groups is 1. The van der Waals surface area contributed by atoms with Crippen molar-refractivity contribution in [3.63, 3.8) is 0 Å². The van der Waals surface area contributed by atoms with Crippen LogP contribution < -0.4 is 4.74 Å². The Kier molecular flexibility index (Phi) is 4.29. The lowest BCUT2D eigenvalue weighted by molar-refractivity contribution is -0.386. The van der Waals surface area contributed by atoms with E-state index in [1.807, 2.05) is 0 Å². The van der Waals surface area contributed by atoms with E-state index < -0.39 is 10.7 Å². The highest BCUT2D eigenvalue weighted by Crippen LogP contribution is 2.40. The summed E-state index contributed by atoms with van der Waals surface area (Å²) >= 11 is 4.33. The summed E-state index contributed by atoms with van der Waals surface area (Å²) in [6.07, 6.45) is 4.14. The molecule has 0 aromatic heterocycles. The number of hydrogen-bond donors (Lipinski definition) is 1. The average molecular weight is 285 g/mol. The van der Waals surface area contributed by atoms with Crippen LogP contribution in [0, 0.1) is 21.3 Å². The summed E-state index contributed by atoms with van der Waals surface area (Å²) in [5.74, 6) is -0.308. The minimum atomic E-state index is -0.693. The second-order valence-corrected chi connectivity index (χ2v) is 5.32. The fourth-order valence-corrected chi connectivity index (χ4v) is 2.89. The lowest BCUT2D eigenvalue weighted by Gasteiger charge is -2.26. The van der Waals surface area contributed by atoms with Gasteiger partial charge in [0.15, 0.2) is 5.82 Å². The number of rotatable bonds is 5. The van der Waals surface area contributed by atoms with Crippen molar-refractivity contribution in [2.24, 2.45) is 5.41 Å². The number of ether oxygens (including phenoxy) is 1. The second-order valence-electron chi connectivity index (χ2n) is 5.00. The van der Waals surface area contributed by atoms with Gasteiger partial charge in [0.2, 0.25) is 5.75 Å². The third-order valence-electron chi connectivity index (χ3n) is 3.67. The number of benzene rings is 1. The highest BCUT2D eigenvalue weighted by molar-refractivity contribution is 7.80. The van der Waals surface area contributed by atoms with Gasteiger partial charge >= 0.3 is 5.69 Å². The Morgan fingerprint density at radius 1 is 1.42 bits per heavy atom. The number of nitrogens with zero attached hydrogens (tertiary/aromatic N) is 1. The molecule has 19 heavy (non-hydrogen) atoms. The molecule has 0 heterocycles. The van der Waals surface area contributed by atoms with E-state index in [2.05, 4.69) is 12.6 Å². The van der Waals surface area contributed by atoms with Crippen LogP contribution in [-0.4, -0.2) is 17.3 Å². The maximum Gasteiger partial charge on any atom is 0.314 e. The first-order chi connectivity index (χ1) is 9.08. The van der Waals surface area contributed by atoms with Crippen LogP contribution in [0.4, 0.5) is 10.1 Å². The van der Waals surface area contributed by atoms with Crippen molar-refractivity contribution in [2.75, 3.05) is 12.4 Å². The SMILES string of the molecule is O=[N+]([O-])c1cccc(F)c1OCC1(CS)CCCC1. The molecule has 1 aliphatic carbocycles. The van der Waals surface area contributed by atoms with Crippen LogP contribution in [0.1, 0.15) is 25.7 Å². The minimum absolute atomic E-state index is 0.0841. The Hall–Kier alpha value is -1.30. The number of nitro benzene ring substituents is 1. The molecule has 1 aliphatic rings. The van der Waals surface area contributed by atoms with Gasteiger partial charge in [0, 0.05) is 11.5 Å². The lowest BCUT2D eigenvalue weighted by Crippen LogP contribution is -2.27. The fourth-order valence-electron chi connectivity index (χ4n) is 2.48. The summed E-state index contributed by atoms with van der Waals surface area (Å²) in [4.78, 5) is 10.2. The smallest absolute Gasteiger partial charge is 0.314 e. The standard InChI is InChI=1S/C13H16FNO3S/c14-10-4-3-5-11(15(16)17)12(10)18-8-13(9-19)6-1-2-7-13/h3-5,19H,1-2,6-9H2. The molecular weight excluding hydrogens is 269 g/mol. The molecule has 0 atom stereocenters. The van der Waals surface area contributed by atoms with Gasteiger partial charge in [-0.05, 0) is 24.7 Å². The lowest BCUT2D eigenvalue weighted by atomic mass is 9.90. The van der Waals surface area contributed by atoms with Crippen LogP contribution >= 0.6 is 12.6 Å². The third kappa shape index (κ3) is 3.00. The Labute approximate surface area is 116 Å². The van der Waals surface area contributed by atoms with Crippen LogP contribution in [0.3, 0.4) is 0 Å². The molecule has 0 unspecified atom stereocenters. The number of para-hydroxylation sites is 1. The predicted molar refractivity (Wildman–Crippen MR) is 73.3 cm³/mol. The molecule has 0 spiro atoms. The molecular formula is C13H16FNO3S. The summed E-state index contributed by atoms with van der Waals surface area (Å²) in [5.41, 5.74) is -0.411. The van der Waals surface area contributed by atoms with Gasteiger partial charge in [0.1, 0.15) is 0 Å². The zero-order valence-electron chi connectivity index (χ0n) is 10.5.